The van der Waals surface area contributed by atoms with Gasteiger partial charge in [0.15, 0.2) is 0 Å². The summed E-state index contributed by atoms with van der Waals surface area (Å²) < 4.78 is 0. The molecule has 0 spiro atoms. The van der Waals surface area contributed by atoms with E-state index in [9.17, 15) is 4.79 Å². The number of rotatable bonds is 6. The predicted molar refractivity (Wildman–Crippen MR) is 106 cm³/mol. The lowest BCUT2D eigenvalue weighted by Crippen LogP contribution is -2.32. The minimum Gasteiger partial charge on any atom is -0.365 e. The number of hydrogen-bond acceptors (Lipinski definition) is 4. The zero-order valence-corrected chi connectivity index (χ0v) is 15.7. The monoisotopic (exact) mass is 355 g/mol. The Balaban J connectivity index is 1.74. The Bertz CT molecular complexity index is 718. The average molecular weight is 356 g/mol. The first kappa shape index (κ1) is 17.8. The summed E-state index contributed by atoms with van der Waals surface area (Å²) in [7, 11) is 4.01. The fourth-order valence-corrected chi connectivity index (χ4v) is 3.91. The zero-order valence-electron chi connectivity index (χ0n) is 14.9. The lowest BCUT2D eigenvalue weighted by molar-refractivity contribution is 0.0951. The molecule has 5 heteroatoms. The molecule has 0 saturated carbocycles. The van der Waals surface area contributed by atoms with Crippen molar-refractivity contribution in [1.82, 2.24) is 10.2 Å². The quantitative estimate of drug-likeness (QED) is 0.864. The van der Waals surface area contributed by atoms with Crippen LogP contribution in [-0.2, 0) is 6.54 Å². The SMILES string of the molecule is CN(C)CCNC(=O)c1ccc2c(c1)N(Cc1ccccc1)CCS2. The molecule has 1 heterocycles. The van der Waals surface area contributed by atoms with Crippen LogP contribution in [0.25, 0.3) is 0 Å². The third-order valence-electron chi connectivity index (χ3n) is 4.24. The van der Waals surface area contributed by atoms with Crippen LogP contribution >= 0.6 is 11.8 Å². The number of nitrogens with one attached hydrogen (secondary N) is 1. The summed E-state index contributed by atoms with van der Waals surface area (Å²) in [5.74, 6) is 1.08. The van der Waals surface area contributed by atoms with Gasteiger partial charge in [0.05, 0.1) is 5.69 Å². The number of thioether (sulfide) groups is 1. The summed E-state index contributed by atoms with van der Waals surface area (Å²) in [6.07, 6.45) is 0. The van der Waals surface area contributed by atoms with Crippen LogP contribution in [0, 0.1) is 0 Å². The summed E-state index contributed by atoms with van der Waals surface area (Å²) >= 11 is 1.87. The molecule has 0 saturated heterocycles. The second-order valence-corrected chi connectivity index (χ2v) is 7.63. The third kappa shape index (κ3) is 4.77. The van der Waals surface area contributed by atoms with E-state index in [1.165, 1.54) is 16.1 Å². The Morgan fingerprint density at radius 2 is 2.00 bits per heavy atom. The molecule has 132 valence electrons. The summed E-state index contributed by atoms with van der Waals surface area (Å²) in [6.45, 7) is 3.37. The fraction of sp³-hybridized carbons (Fsp3) is 0.350. The first-order valence-electron chi connectivity index (χ1n) is 8.62. The highest BCUT2D eigenvalue weighted by molar-refractivity contribution is 7.99. The lowest BCUT2D eigenvalue weighted by atomic mass is 10.1. The molecule has 2 aromatic carbocycles. The van der Waals surface area contributed by atoms with Gasteiger partial charge in [-0.1, -0.05) is 30.3 Å². The molecular formula is C20H25N3OS. The highest BCUT2D eigenvalue weighted by Crippen LogP contribution is 2.36. The normalized spacial score (nSPS) is 13.6. The average Bonchev–Trinajstić information content (AvgIpc) is 2.62. The molecule has 1 aliphatic rings. The van der Waals surface area contributed by atoms with Gasteiger partial charge in [0, 0.05) is 42.4 Å². The molecule has 1 N–H and O–H groups in total. The molecule has 1 aliphatic heterocycles. The number of fused-ring (bicyclic) bond motifs is 1. The summed E-state index contributed by atoms with van der Waals surface area (Å²) in [5.41, 5.74) is 3.19. The lowest BCUT2D eigenvalue weighted by Gasteiger charge is -2.31. The van der Waals surface area contributed by atoms with Crippen LogP contribution in [0.3, 0.4) is 0 Å². The van der Waals surface area contributed by atoms with Crippen LogP contribution in [-0.4, -0.2) is 50.3 Å². The van der Waals surface area contributed by atoms with Crippen LogP contribution in [0.4, 0.5) is 5.69 Å². The van der Waals surface area contributed by atoms with Crippen LogP contribution in [0.2, 0.25) is 0 Å². The standard InChI is InChI=1S/C20H25N3OS/c1-22(2)11-10-21-20(24)17-8-9-19-18(14-17)23(12-13-25-19)15-16-6-4-3-5-7-16/h3-9,14H,10-13,15H2,1-2H3,(H,21,24). The summed E-state index contributed by atoms with van der Waals surface area (Å²) in [4.78, 5) is 18.1. The zero-order chi connectivity index (χ0) is 17.6. The Hall–Kier alpha value is -1.98. The van der Waals surface area contributed by atoms with Crippen molar-refractivity contribution < 1.29 is 4.79 Å². The molecule has 3 rings (SSSR count). The van der Waals surface area contributed by atoms with E-state index in [0.29, 0.717) is 6.54 Å². The molecule has 0 bridgehead atoms. The van der Waals surface area contributed by atoms with Crippen molar-refractivity contribution in [1.29, 1.82) is 0 Å². The van der Waals surface area contributed by atoms with Crippen molar-refractivity contribution in [3.63, 3.8) is 0 Å². The van der Waals surface area contributed by atoms with E-state index in [-0.39, 0.29) is 5.91 Å². The minimum atomic E-state index is -0.000107. The number of benzene rings is 2. The van der Waals surface area contributed by atoms with Crippen LogP contribution < -0.4 is 10.2 Å². The molecule has 1 amide bonds. The van der Waals surface area contributed by atoms with Crippen molar-refractivity contribution in [2.45, 2.75) is 11.4 Å². The van der Waals surface area contributed by atoms with E-state index in [4.69, 9.17) is 0 Å². The van der Waals surface area contributed by atoms with E-state index < -0.39 is 0 Å². The molecule has 0 aliphatic carbocycles. The highest BCUT2D eigenvalue weighted by atomic mass is 32.2. The number of hydrogen-bond donors (Lipinski definition) is 1. The van der Waals surface area contributed by atoms with Crippen LogP contribution in [0.15, 0.2) is 53.4 Å². The Labute approximate surface area is 154 Å². The number of anilines is 1. The Kier molecular flexibility index (Phi) is 6.00. The molecule has 4 nitrogen and oxygen atoms in total. The van der Waals surface area contributed by atoms with Gasteiger partial charge < -0.3 is 15.1 Å². The summed E-state index contributed by atoms with van der Waals surface area (Å²) in [6, 6.07) is 16.5. The second-order valence-electron chi connectivity index (χ2n) is 6.50. The fourth-order valence-electron chi connectivity index (χ4n) is 2.88. The van der Waals surface area contributed by atoms with Crippen molar-refractivity contribution >= 4 is 23.4 Å². The minimum absolute atomic E-state index is 0.000107. The van der Waals surface area contributed by atoms with Gasteiger partial charge in [-0.15, -0.1) is 11.8 Å². The van der Waals surface area contributed by atoms with Gasteiger partial charge in [0.25, 0.3) is 5.91 Å². The maximum atomic E-state index is 12.4. The van der Waals surface area contributed by atoms with E-state index >= 15 is 0 Å². The Morgan fingerprint density at radius 3 is 2.76 bits per heavy atom. The van der Waals surface area contributed by atoms with Gasteiger partial charge >= 0.3 is 0 Å². The van der Waals surface area contributed by atoms with E-state index in [1.54, 1.807) is 0 Å². The maximum absolute atomic E-state index is 12.4. The van der Waals surface area contributed by atoms with E-state index in [1.807, 2.05) is 44.1 Å². The molecule has 0 unspecified atom stereocenters. The smallest absolute Gasteiger partial charge is 0.251 e. The number of carbonyl (C=O) groups is 1. The van der Waals surface area contributed by atoms with Crippen LogP contribution in [0.1, 0.15) is 15.9 Å². The maximum Gasteiger partial charge on any atom is 0.251 e. The van der Waals surface area contributed by atoms with Crippen molar-refractivity contribution in [2.24, 2.45) is 0 Å². The number of nitrogens with zero attached hydrogens (tertiary/aromatic N) is 2. The molecule has 0 atom stereocenters. The van der Waals surface area contributed by atoms with Crippen LogP contribution in [0.5, 0.6) is 0 Å². The molecule has 2 aromatic rings. The number of likely N-dealkylation sites (N-methyl/N-ethyl adjacent to an activating group) is 1. The van der Waals surface area contributed by atoms with Gasteiger partial charge in [-0.3, -0.25) is 4.79 Å². The predicted octanol–water partition coefficient (Wildman–Crippen LogP) is 3.09. The molecule has 0 radical (unpaired) electrons. The molecular weight excluding hydrogens is 330 g/mol. The Morgan fingerprint density at radius 1 is 1.20 bits per heavy atom. The molecule has 0 fully saturated rings. The molecule has 0 aromatic heterocycles. The van der Waals surface area contributed by atoms with Crippen molar-refractivity contribution in [3.8, 4) is 0 Å². The van der Waals surface area contributed by atoms with E-state index in [2.05, 4.69) is 45.4 Å². The summed E-state index contributed by atoms with van der Waals surface area (Å²) in [5, 5.41) is 3.00. The first-order chi connectivity index (χ1) is 12.1. The van der Waals surface area contributed by atoms with Gasteiger partial charge in [-0.05, 0) is 37.9 Å². The van der Waals surface area contributed by atoms with Gasteiger partial charge in [0.2, 0.25) is 0 Å². The highest BCUT2D eigenvalue weighted by Gasteiger charge is 2.19. The first-order valence-corrected chi connectivity index (χ1v) is 9.61. The van der Waals surface area contributed by atoms with Gasteiger partial charge in [-0.2, -0.15) is 0 Å². The second kappa shape index (κ2) is 8.41. The van der Waals surface area contributed by atoms with Crippen molar-refractivity contribution in [2.75, 3.05) is 44.4 Å². The number of amides is 1. The molecule has 25 heavy (non-hydrogen) atoms. The van der Waals surface area contributed by atoms with Gasteiger partial charge in [-0.25, -0.2) is 0 Å². The topological polar surface area (TPSA) is 35.6 Å². The van der Waals surface area contributed by atoms with E-state index in [0.717, 1.165) is 31.0 Å². The number of carbonyl (C=O) groups excluding carboxylic acids is 1. The largest absolute Gasteiger partial charge is 0.365 e. The third-order valence-corrected chi connectivity index (χ3v) is 5.28. The van der Waals surface area contributed by atoms with Crippen molar-refractivity contribution in [3.05, 3.63) is 59.7 Å². The van der Waals surface area contributed by atoms with Gasteiger partial charge in [0.1, 0.15) is 0 Å².